The van der Waals surface area contributed by atoms with Gasteiger partial charge in [-0.25, -0.2) is 9.18 Å². The van der Waals surface area contributed by atoms with Crippen molar-refractivity contribution in [2.45, 2.75) is 6.92 Å². The summed E-state index contributed by atoms with van der Waals surface area (Å²) in [6.45, 7) is 1.81. The third-order valence-electron chi connectivity index (χ3n) is 2.38. The van der Waals surface area contributed by atoms with Gasteiger partial charge in [0.25, 0.3) is 0 Å². The number of aromatic amines is 1. The lowest BCUT2D eigenvalue weighted by Crippen LogP contribution is -1.95. The van der Waals surface area contributed by atoms with Gasteiger partial charge in [-0.1, -0.05) is 0 Å². The Labute approximate surface area is 91.5 Å². The molecule has 4 heteroatoms. The van der Waals surface area contributed by atoms with Crippen LogP contribution in [0.3, 0.4) is 0 Å². The SMILES string of the molecule is Cc1cc(C(=O)O)[nH]c1-c1ccc(F)cc1. The molecule has 0 fully saturated rings. The fraction of sp³-hybridized carbons (Fsp3) is 0.0833. The number of hydrogen-bond donors (Lipinski definition) is 2. The second-order valence-electron chi connectivity index (χ2n) is 3.55. The molecular formula is C12H10FNO2. The van der Waals surface area contributed by atoms with Crippen LogP contribution in [0, 0.1) is 12.7 Å². The van der Waals surface area contributed by atoms with Crippen molar-refractivity contribution in [2.24, 2.45) is 0 Å². The number of H-pyrrole nitrogens is 1. The van der Waals surface area contributed by atoms with Crippen molar-refractivity contribution in [3.8, 4) is 11.3 Å². The Morgan fingerprint density at radius 2 is 1.94 bits per heavy atom. The zero-order valence-electron chi connectivity index (χ0n) is 8.62. The number of aromatic carboxylic acids is 1. The van der Waals surface area contributed by atoms with Crippen LogP contribution < -0.4 is 0 Å². The first kappa shape index (κ1) is 10.4. The van der Waals surface area contributed by atoms with Crippen LogP contribution in [-0.2, 0) is 0 Å². The fourth-order valence-corrected chi connectivity index (χ4v) is 1.59. The predicted octanol–water partition coefficient (Wildman–Crippen LogP) is 2.83. The molecule has 1 heterocycles. The van der Waals surface area contributed by atoms with Gasteiger partial charge in [-0.05, 0) is 48.4 Å². The highest BCUT2D eigenvalue weighted by Gasteiger charge is 2.11. The van der Waals surface area contributed by atoms with Crippen molar-refractivity contribution in [1.29, 1.82) is 0 Å². The molecule has 0 spiro atoms. The zero-order valence-corrected chi connectivity index (χ0v) is 8.62. The van der Waals surface area contributed by atoms with Crippen LogP contribution in [0.2, 0.25) is 0 Å². The van der Waals surface area contributed by atoms with Gasteiger partial charge in [0.15, 0.2) is 0 Å². The molecule has 0 unspecified atom stereocenters. The van der Waals surface area contributed by atoms with Crippen molar-refractivity contribution in [3.63, 3.8) is 0 Å². The standard InChI is InChI=1S/C12H10FNO2/c1-7-6-10(12(15)16)14-11(7)8-2-4-9(13)5-3-8/h2-6,14H,1H3,(H,15,16). The molecule has 2 N–H and O–H groups in total. The van der Waals surface area contributed by atoms with Crippen LogP contribution >= 0.6 is 0 Å². The number of carboxylic acids is 1. The van der Waals surface area contributed by atoms with E-state index >= 15 is 0 Å². The summed E-state index contributed by atoms with van der Waals surface area (Å²) in [4.78, 5) is 13.6. The number of aryl methyl sites for hydroxylation is 1. The third kappa shape index (κ3) is 1.82. The lowest BCUT2D eigenvalue weighted by atomic mass is 10.1. The maximum Gasteiger partial charge on any atom is 0.352 e. The number of rotatable bonds is 2. The minimum absolute atomic E-state index is 0.136. The molecule has 0 radical (unpaired) electrons. The summed E-state index contributed by atoms with van der Waals surface area (Å²) in [5.41, 5.74) is 2.43. The number of halogens is 1. The van der Waals surface area contributed by atoms with E-state index in [-0.39, 0.29) is 11.5 Å². The summed E-state index contributed by atoms with van der Waals surface area (Å²) >= 11 is 0. The molecule has 2 aromatic rings. The Balaban J connectivity index is 2.47. The summed E-state index contributed by atoms with van der Waals surface area (Å²) in [6.07, 6.45) is 0. The molecule has 2 rings (SSSR count). The van der Waals surface area contributed by atoms with E-state index in [0.29, 0.717) is 5.69 Å². The number of aromatic nitrogens is 1. The van der Waals surface area contributed by atoms with Crippen LogP contribution in [0.4, 0.5) is 4.39 Å². The van der Waals surface area contributed by atoms with Gasteiger partial charge in [0.2, 0.25) is 0 Å². The van der Waals surface area contributed by atoms with Crippen molar-refractivity contribution in [2.75, 3.05) is 0 Å². The highest BCUT2D eigenvalue weighted by Crippen LogP contribution is 2.23. The lowest BCUT2D eigenvalue weighted by molar-refractivity contribution is 0.0691. The molecule has 0 atom stereocenters. The van der Waals surface area contributed by atoms with Crippen LogP contribution in [-0.4, -0.2) is 16.1 Å². The van der Waals surface area contributed by atoms with E-state index in [2.05, 4.69) is 4.98 Å². The van der Waals surface area contributed by atoms with Gasteiger partial charge in [-0.2, -0.15) is 0 Å². The molecule has 0 aliphatic carbocycles. The maximum absolute atomic E-state index is 12.7. The van der Waals surface area contributed by atoms with Gasteiger partial charge in [-0.15, -0.1) is 0 Å². The van der Waals surface area contributed by atoms with Crippen molar-refractivity contribution >= 4 is 5.97 Å². The van der Waals surface area contributed by atoms with Gasteiger partial charge < -0.3 is 10.1 Å². The first-order valence-electron chi connectivity index (χ1n) is 4.77. The zero-order chi connectivity index (χ0) is 11.7. The third-order valence-corrected chi connectivity index (χ3v) is 2.38. The van der Waals surface area contributed by atoms with Crippen LogP contribution in [0.25, 0.3) is 11.3 Å². The molecule has 0 aliphatic rings. The summed E-state index contributed by atoms with van der Waals surface area (Å²) in [6, 6.07) is 7.47. The lowest BCUT2D eigenvalue weighted by Gasteiger charge is -1.99. The Morgan fingerprint density at radius 1 is 1.31 bits per heavy atom. The molecule has 0 saturated carbocycles. The van der Waals surface area contributed by atoms with E-state index in [1.165, 1.54) is 12.1 Å². The van der Waals surface area contributed by atoms with Crippen molar-refractivity contribution in [3.05, 3.63) is 47.4 Å². The Hall–Kier alpha value is -2.10. The second kappa shape index (κ2) is 3.81. The molecule has 0 bridgehead atoms. The molecular weight excluding hydrogens is 209 g/mol. The first-order valence-corrected chi connectivity index (χ1v) is 4.77. The minimum atomic E-state index is -1.00. The van der Waals surface area contributed by atoms with E-state index in [4.69, 9.17) is 5.11 Å². The summed E-state index contributed by atoms with van der Waals surface area (Å²) in [5, 5.41) is 8.82. The number of benzene rings is 1. The number of nitrogens with one attached hydrogen (secondary N) is 1. The van der Waals surface area contributed by atoms with Crippen LogP contribution in [0.15, 0.2) is 30.3 Å². The predicted molar refractivity (Wildman–Crippen MR) is 57.9 cm³/mol. The second-order valence-corrected chi connectivity index (χ2v) is 3.55. The minimum Gasteiger partial charge on any atom is -0.477 e. The average molecular weight is 219 g/mol. The van der Waals surface area contributed by atoms with Crippen LogP contribution in [0.1, 0.15) is 16.1 Å². The Morgan fingerprint density at radius 3 is 2.44 bits per heavy atom. The highest BCUT2D eigenvalue weighted by atomic mass is 19.1. The van der Waals surface area contributed by atoms with E-state index in [1.54, 1.807) is 18.2 Å². The smallest absolute Gasteiger partial charge is 0.352 e. The van der Waals surface area contributed by atoms with Crippen molar-refractivity contribution < 1.29 is 14.3 Å². The molecule has 0 aliphatic heterocycles. The fourth-order valence-electron chi connectivity index (χ4n) is 1.59. The summed E-state index contributed by atoms with van der Waals surface area (Å²) in [7, 11) is 0. The van der Waals surface area contributed by atoms with Gasteiger partial charge in [0.05, 0.1) is 0 Å². The Bertz CT molecular complexity index is 528. The topological polar surface area (TPSA) is 53.1 Å². The maximum atomic E-state index is 12.7. The molecule has 16 heavy (non-hydrogen) atoms. The van der Waals surface area contributed by atoms with E-state index < -0.39 is 5.97 Å². The summed E-state index contributed by atoms with van der Waals surface area (Å²) < 4.78 is 12.7. The first-order chi connectivity index (χ1) is 7.58. The van der Waals surface area contributed by atoms with Crippen LogP contribution in [0.5, 0.6) is 0 Å². The monoisotopic (exact) mass is 219 g/mol. The van der Waals surface area contributed by atoms with Gasteiger partial charge >= 0.3 is 5.97 Å². The van der Waals surface area contributed by atoms with E-state index in [0.717, 1.165) is 11.1 Å². The van der Waals surface area contributed by atoms with E-state index in [1.807, 2.05) is 6.92 Å². The highest BCUT2D eigenvalue weighted by molar-refractivity contribution is 5.87. The number of carboxylic acid groups (broad SMARTS) is 1. The number of hydrogen-bond acceptors (Lipinski definition) is 1. The van der Waals surface area contributed by atoms with Gasteiger partial charge in [0.1, 0.15) is 11.5 Å². The van der Waals surface area contributed by atoms with Crippen molar-refractivity contribution in [1.82, 2.24) is 4.98 Å². The molecule has 0 saturated heterocycles. The Kier molecular flexibility index (Phi) is 2.48. The molecule has 82 valence electrons. The van der Waals surface area contributed by atoms with Gasteiger partial charge in [0, 0.05) is 5.69 Å². The van der Waals surface area contributed by atoms with E-state index in [9.17, 15) is 9.18 Å². The number of carbonyl (C=O) groups is 1. The quantitative estimate of drug-likeness (QED) is 0.815. The average Bonchev–Trinajstić information content (AvgIpc) is 2.62. The van der Waals surface area contributed by atoms with Gasteiger partial charge in [-0.3, -0.25) is 0 Å². The molecule has 1 aromatic heterocycles. The molecule has 1 aromatic carbocycles. The largest absolute Gasteiger partial charge is 0.477 e. The summed E-state index contributed by atoms with van der Waals surface area (Å²) in [5.74, 6) is -1.32. The molecule has 3 nitrogen and oxygen atoms in total. The normalized spacial score (nSPS) is 10.4. The molecule has 0 amide bonds.